The molecule has 0 aliphatic heterocycles. The first-order chi connectivity index (χ1) is 4.19. The van der Waals surface area contributed by atoms with E-state index in [1.807, 2.05) is 0 Å². The lowest BCUT2D eigenvalue weighted by molar-refractivity contribution is -0.341. The zero-order valence-corrected chi connectivity index (χ0v) is 5.52. The summed E-state index contributed by atoms with van der Waals surface area (Å²) in [5.74, 6) is -6.77. The molecule has 0 aromatic rings. The highest BCUT2D eigenvalue weighted by atomic mass is 19.3. The summed E-state index contributed by atoms with van der Waals surface area (Å²) in [5, 5.41) is 18.2. The number of aliphatic carboxylic acids is 1. The van der Waals surface area contributed by atoms with Gasteiger partial charge in [-0.05, 0) is 13.8 Å². The van der Waals surface area contributed by atoms with E-state index in [4.69, 9.17) is 5.11 Å². The number of aliphatic hydroxyl groups is 1. The predicted octanol–water partition coefficient (Wildman–Crippen LogP) is -0.858. The van der Waals surface area contributed by atoms with E-state index in [-0.39, 0.29) is 0 Å². The summed E-state index contributed by atoms with van der Waals surface area (Å²) < 4.78 is 24.3. The van der Waals surface area contributed by atoms with E-state index in [9.17, 15) is 18.7 Å². The summed E-state index contributed by atoms with van der Waals surface area (Å²) >= 11 is 0. The normalized spacial score (nSPS) is 13.3. The molecule has 0 rings (SSSR count). The zero-order valence-electron chi connectivity index (χ0n) is 5.52. The monoisotopic (exact) mass is 153 g/mol. The molecule has 0 spiro atoms. The van der Waals surface area contributed by atoms with Crippen LogP contribution in [0.5, 0.6) is 0 Å². The summed E-state index contributed by atoms with van der Waals surface area (Å²) in [6, 6.07) is 0. The molecule has 0 bridgehead atoms. The number of carbonyl (C=O) groups is 1. The molecular weight excluding hydrogens is 146 g/mol. The molecule has 10 heavy (non-hydrogen) atoms. The fourth-order valence-corrected chi connectivity index (χ4v) is 0.250. The summed E-state index contributed by atoms with van der Waals surface area (Å²) in [7, 11) is 0. The molecule has 0 saturated carbocycles. The molecule has 0 aliphatic carbocycles. The van der Waals surface area contributed by atoms with Gasteiger partial charge in [-0.1, -0.05) is 0 Å². The number of rotatable bonds is 2. The van der Waals surface area contributed by atoms with Crippen LogP contribution in [0.25, 0.3) is 0 Å². The highest BCUT2D eigenvalue weighted by Crippen LogP contribution is 2.26. The van der Waals surface area contributed by atoms with Crippen molar-refractivity contribution in [1.29, 1.82) is 0 Å². The number of hydrogen-bond acceptors (Lipinski definition) is 3. The third kappa shape index (κ3) is 1.41. The third-order valence-electron chi connectivity index (χ3n) is 1.02. The maximum Gasteiger partial charge on any atom is 0.314 e. The number of carboxylic acids is 1. The second-order valence-electron chi connectivity index (χ2n) is 2.42. The molecule has 0 unspecified atom stereocenters. The van der Waals surface area contributed by atoms with Crippen LogP contribution in [0.15, 0.2) is 0 Å². The van der Waals surface area contributed by atoms with Crippen LogP contribution in [-0.4, -0.2) is 22.6 Å². The standard InChI is InChI=1S/C5H8F2O3/c1-4(2,10)5(6,7)3(8)9/h10H,1-2H3,(H,8,9)/p-1. The number of halogens is 2. The molecule has 0 saturated heterocycles. The van der Waals surface area contributed by atoms with E-state index in [0.717, 1.165) is 0 Å². The van der Waals surface area contributed by atoms with Gasteiger partial charge in [0.05, 0.1) is 0 Å². The van der Waals surface area contributed by atoms with Crippen molar-refractivity contribution in [2.24, 2.45) is 0 Å². The Bertz CT molecular complexity index is 147. The van der Waals surface area contributed by atoms with Crippen LogP contribution in [-0.2, 0) is 4.79 Å². The number of hydrogen-bond donors (Lipinski definition) is 1. The highest BCUT2D eigenvalue weighted by molar-refractivity contribution is 5.74. The quantitative estimate of drug-likeness (QED) is 0.561. The van der Waals surface area contributed by atoms with Gasteiger partial charge in [-0.3, -0.25) is 0 Å². The van der Waals surface area contributed by atoms with Gasteiger partial charge in [0.1, 0.15) is 11.6 Å². The van der Waals surface area contributed by atoms with Gasteiger partial charge in [-0.25, -0.2) is 0 Å². The molecule has 0 amide bonds. The van der Waals surface area contributed by atoms with Crippen LogP contribution >= 0.6 is 0 Å². The summed E-state index contributed by atoms with van der Waals surface area (Å²) in [6.45, 7) is 1.39. The maximum atomic E-state index is 12.1. The molecule has 0 aromatic carbocycles. The number of alkyl halides is 2. The molecule has 0 heterocycles. The smallest absolute Gasteiger partial charge is 0.314 e. The lowest BCUT2D eigenvalue weighted by Crippen LogP contribution is -2.55. The van der Waals surface area contributed by atoms with E-state index in [1.54, 1.807) is 0 Å². The molecule has 0 aliphatic rings. The summed E-state index contributed by atoms with van der Waals surface area (Å²) in [6.07, 6.45) is 0. The van der Waals surface area contributed by atoms with Crippen molar-refractivity contribution >= 4 is 5.97 Å². The second-order valence-corrected chi connectivity index (χ2v) is 2.42. The number of carbonyl (C=O) groups excluding carboxylic acids is 1. The Morgan fingerprint density at radius 2 is 1.80 bits per heavy atom. The minimum absolute atomic E-state index is 0.697. The minimum atomic E-state index is -4.20. The molecule has 0 fully saturated rings. The molecule has 60 valence electrons. The third-order valence-corrected chi connectivity index (χ3v) is 1.02. The topological polar surface area (TPSA) is 60.4 Å². The Labute approximate surface area is 56.3 Å². The lowest BCUT2D eigenvalue weighted by Gasteiger charge is -2.29. The van der Waals surface area contributed by atoms with Crippen molar-refractivity contribution in [3.05, 3.63) is 0 Å². The van der Waals surface area contributed by atoms with Gasteiger partial charge in [0.15, 0.2) is 0 Å². The fraction of sp³-hybridized carbons (Fsp3) is 0.800. The first-order valence-corrected chi connectivity index (χ1v) is 2.51. The van der Waals surface area contributed by atoms with E-state index < -0.39 is 17.5 Å². The molecule has 0 aromatic heterocycles. The van der Waals surface area contributed by atoms with E-state index in [1.165, 1.54) is 0 Å². The van der Waals surface area contributed by atoms with Crippen molar-refractivity contribution in [1.82, 2.24) is 0 Å². The fourth-order valence-electron chi connectivity index (χ4n) is 0.250. The average Bonchev–Trinajstić information content (AvgIpc) is 1.62. The molecule has 0 radical (unpaired) electrons. The first-order valence-electron chi connectivity index (χ1n) is 2.51. The molecule has 0 atom stereocenters. The highest BCUT2D eigenvalue weighted by Gasteiger charge is 2.46. The predicted molar refractivity (Wildman–Crippen MR) is 26.3 cm³/mol. The Kier molecular flexibility index (Phi) is 2.00. The van der Waals surface area contributed by atoms with Gasteiger partial charge in [0.2, 0.25) is 0 Å². The maximum absolute atomic E-state index is 12.1. The summed E-state index contributed by atoms with van der Waals surface area (Å²) in [4.78, 5) is 9.65. The minimum Gasteiger partial charge on any atom is -0.544 e. The second kappa shape index (κ2) is 2.16. The molecule has 1 N–H and O–H groups in total. The van der Waals surface area contributed by atoms with Gasteiger partial charge in [-0.15, -0.1) is 0 Å². The largest absolute Gasteiger partial charge is 0.544 e. The number of carboxylic acid groups (broad SMARTS) is 1. The van der Waals surface area contributed by atoms with Crippen molar-refractivity contribution in [3.8, 4) is 0 Å². The summed E-state index contributed by atoms with van der Waals surface area (Å²) in [5.41, 5.74) is -2.58. The van der Waals surface area contributed by atoms with Crippen molar-refractivity contribution in [3.63, 3.8) is 0 Å². The molecular formula is C5H7F2O3-. The Balaban J connectivity index is 4.57. The van der Waals surface area contributed by atoms with Gasteiger partial charge >= 0.3 is 5.92 Å². The Morgan fingerprint density at radius 1 is 1.50 bits per heavy atom. The Morgan fingerprint density at radius 3 is 1.80 bits per heavy atom. The van der Waals surface area contributed by atoms with Gasteiger partial charge < -0.3 is 15.0 Å². The lowest BCUT2D eigenvalue weighted by atomic mass is 10.0. The first kappa shape index (κ1) is 9.29. The van der Waals surface area contributed by atoms with Crippen molar-refractivity contribution in [2.75, 3.05) is 0 Å². The van der Waals surface area contributed by atoms with Gasteiger partial charge in [0.25, 0.3) is 0 Å². The SMILES string of the molecule is CC(C)(O)C(F)(F)C(=O)[O-]. The van der Waals surface area contributed by atoms with Crippen molar-refractivity contribution < 1.29 is 23.8 Å². The molecule has 5 heteroatoms. The van der Waals surface area contributed by atoms with E-state index in [0.29, 0.717) is 13.8 Å². The van der Waals surface area contributed by atoms with Gasteiger partial charge in [0, 0.05) is 0 Å². The van der Waals surface area contributed by atoms with E-state index in [2.05, 4.69) is 0 Å². The van der Waals surface area contributed by atoms with Crippen LogP contribution in [0.3, 0.4) is 0 Å². The molecule has 3 nitrogen and oxygen atoms in total. The van der Waals surface area contributed by atoms with Gasteiger partial charge in [-0.2, -0.15) is 8.78 Å². The van der Waals surface area contributed by atoms with Crippen LogP contribution in [0, 0.1) is 0 Å². The van der Waals surface area contributed by atoms with E-state index >= 15 is 0 Å². The van der Waals surface area contributed by atoms with Crippen LogP contribution in [0.2, 0.25) is 0 Å². The zero-order chi connectivity index (χ0) is 8.58. The van der Waals surface area contributed by atoms with Crippen LogP contribution < -0.4 is 5.11 Å². The van der Waals surface area contributed by atoms with Crippen molar-refractivity contribution in [2.45, 2.75) is 25.4 Å². The van der Waals surface area contributed by atoms with Crippen LogP contribution in [0.1, 0.15) is 13.8 Å². The Hall–Kier alpha value is -0.710. The average molecular weight is 153 g/mol. The van der Waals surface area contributed by atoms with Crippen LogP contribution in [0.4, 0.5) is 8.78 Å².